The number of hydrogen-bond donors (Lipinski definition) is 1. The van der Waals surface area contributed by atoms with Crippen LogP contribution < -0.4 is 0 Å². The number of aromatic amines is 1. The van der Waals surface area contributed by atoms with E-state index < -0.39 is 0 Å². The van der Waals surface area contributed by atoms with Crippen LogP contribution in [0.1, 0.15) is 17.4 Å². The highest BCUT2D eigenvalue weighted by molar-refractivity contribution is 8.02. The predicted molar refractivity (Wildman–Crippen MR) is 44.9 cm³/mol. The molecular formula is C8H9NS. The van der Waals surface area contributed by atoms with Crippen molar-refractivity contribution in [3.8, 4) is 0 Å². The molecule has 1 aromatic heterocycles. The second-order valence-corrected chi connectivity index (χ2v) is 3.47. The fourth-order valence-corrected chi connectivity index (χ4v) is 2.06. The van der Waals surface area contributed by atoms with Gasteiger partial charge >= 0.3 is 0 Å². The molecule has 1 aliphatic heterocycles. The van der Waals surface area contributed by atoms with E-state index in [1.165, 1.54) is 12.1 Å². The summed E-state index contributed by atoms with van der Waals surface area (Å²) in [4.78, 5) is 3.22. The van der Waals surface area contributed by atoms with Gasteiger partial charge in [-0.2, -0.15) is 0 Å². The Bertz CT molecular complexity index is 217. The van der Waals surface area contributed by atoms with E-state index in [0.29, 0.717) is 5.25 Å². The van der Waals surface area contributed by atoms with Crippen LogP contribution in [0.3, 0.4) is 0 Å². The Morgan fingerprint density at radius 1 is 1.60 bits per heavy atom. The first-order valence-corrected chi connectivity index (χ1v) is 4.35. The molecule has 1 aliphatic rings. The van der Waals surface area contributed by atoms with Crippen LogP contribution in [0.5, 0.6) is 0 Å². The van der Waals surface area contributed by atoms with E-state index in [1.807, 2.05) is 24.0 Å². The quantitative estimate of drug-likeness (QED) is 0.652. The lowest BCUT2D eigenvalue weighted by Gasteiger charge is -2.03. The molecule has 0 fully saturated rings. The van der Waals surface area contributed by atoms with Crippen molar-refractivity contribution in [1.29, 1.82) is 0 Å². The summed E-state index contributed by atoms with van der Waals surface area (Å²) in [6, 6.07) is 4.19. The van der Waals surface area contributed by atoms with E-state index in [-0.39, 0.29) is 0 Å². The molecule has 10 heavy (non-hydrogen) atoms. The second-order valence-electron chi connectivity index (χ2n) is 2.36. The van der Waals surface area contributed by atoms with Crippen LogP contribution in [0.25, 0.3) is 0 Å². The van der Waals surface area contributed by atoms with Crippen LogP contribution in [0.4, 0.5) is 0 Å². The minimum Gasteiger partial charge on any atom is -0.364 e. The predicted octanol–water partition coefficient (Wildman–Crippen LogP) is 2.71. The molecule has 1 unspecified atom stereocenters. The van der Waals surface area contributed by atoms with Crippen molar-refractivity contribution in [2.75, 3.05) is 0 Å². The van der Waals surface area contributed by atoms with Gasteiger partial charge in [-0.3, -0.25) is 0 Å². The fraction of sp³-hybridized carbons (Fsp3) is 0.250. The first-order valence-electron chi connectivity index (χ1n) is 3.40. The molecule has 0 spiro atoms. The SMILES string of the molecule is C1=CSC(c2ccc[nH]2)C1. The van der Waals surface area contributed by atoms with Crippen molar-refractivity contribution in [1.82, 2.24) is 4.98 Å². The molecule has 0 aromatic carbocycles. The zero-order valence-electron chi connectivity index (χ0n) is 5.58. The maximum Gasteiger partial charge on any atom is 0.0523 e. The lowest BCUT2D eigenvalue weighted by atomic mass is 10.2. The lowest BCUT2D eigenvalue weighted by molar-refractivity contribution is 0.948. The number of nitrogens with one attached hydrogen (secondary N) is 1. The fourth-order valence-electron chi connectivity index (χ4n) is 1.13. The summed E-state index contributed by atoms with van der Waals surface area (Å²) in [7, 11) is 0. The minimum atomic E-state index is 0.648. The van der Waals surface area contributed by atoms with Gasteiger partial charge in [-0.15, -0.1) is 11.8 Å². The molecule has 0 bridgehead atoms. The van der Waals surface area contributed by atoms with Gasteiger partial charge in [-0.05, 0) is 24.0 Å². The summed E-state index contributed by atoms with van der Waals surface area (Å²) in [6.07, 6.45) is 5.37. The lowest BCUT2D eigenvalue weighted by Crippen LogP contribution is -1.86. The molecule has 1 aromatic rings. The van der Waals surface area contributed by atoms with Crippen molar-refractivity contribution in [3.05, 3.63) is 35.5 Å². The van der Waals surface area contributed by atoms with Gasteiger partial charge in [0.2, 0.25) is 0 Å². The third-order valence-corrected chi connectivity index (χ3v) is 2.78. The van der Waals surface area contributed by atoms with Crippen LogP contribution in [0.2, 0.25) is 0 Å². The number of hydrogen-bond acceptors (Lipinski definition) is 1. The van der Waals surface area contributed by atoms with Crippen molar-refractivity contribution in [3.63, 3.8) is 0 Å². The summed E-state index contributed by atoms with van der Waals surface area (Å²) in [6.45, 7) is 0. The molecule has 1 nitrogen and oxygen atoms in total. The van der Waals surface area contributed by atoms with Gasteiger partial charge in [0.05, 0.1) is 5.25 Å². The van der Waals surface area contributed by atoms with Gasteiger partial charge in [0.15, 0.2) is 0 Å². The van der Waals surface area contributed by atoms with Gasteiger partial charge in [-0.1, -0.05) is 6.08 Å². The molecule has 0 saturated carbocycles. The van der Waals surface area contributed by atoms with Gasteiger partial charge < -0.3 is 4.98 Å². The second kappa shape index (κ2) is 2.54. The number of rotatable bonds is 1. The number of aromatic nitrogens is 1. The summed E-state index contributed by atoms with van der Waals surface area (Å²) >= 11 is 1.89. The zero-order valence-corrected chi connectivity index (χ0v) is 6.40. The Labute approximate surface area is 64.5 Å². The van der Waals surface area contributed by atoms with Crippen molar-refractivity contribution in [2.24, 2.45) is 0 Å². The molecule has 0 radical (unpaired) electrons. The van der Waals surface area contributed by atoms with E-state index >= 15 is 0 Å². The zero-order chi connectivity index (χ0) is 6.81. The van der Waals surface area contributed by atoms with E-state index in [1.54, 1.807) is 0 Å². The Balaban J connectivity index is 2.14. The monoisotopic (exact) mass is 151 g/mol. The Hall–Kier alpha value is -0.630. The van der Waals surface area contributed by atoms with Crippen LogP contribution in [-0.2, 0) is 0 Å². The summed E-state index contributed by atoms with van der Waals surface area (Å²) < 4.78 is 0. The average Bonchev–Trinajstić information content (AvgIpc) is 2.59. The number of allylic oxidation sites excluding steroid dienone is 1. The first-order chi connectivity index (χ1) is 4.97. The topological polar surface area (TPSA) is 15.8 Å². The van der Waals surface area contributed by atoms with Gasteiger partial charge in [0.25, 0.3) is 0 Å². The Kier molecular flexibility index (Phi) is 1.55. The molecule has 0 saturated heterocycles. The largest absolute Gasteiger partial charge is 0.364 e. The smallest absolute Gasteiger partial charge is 0.0523 e. The highest BCUT2D eigenvalue weighted by Gasteiger charge is 2.12. The maximum absolute atomic E-state index is 3.22. The normalized spacial score (nSPS) is 23.8. The van der Waals surface area contributed by atoms with Crippen LogP contribution in [0.15, 0.2) is 29.8 Å². The molecule has 1 atom stereocenters. The molecular weight excluding hydrogens is 142 g/mol. The van der Waals surface area contributed by atoms with Crippen LogP contribution in [0, 0.1) is 0 Å². The number of H-pyrrole nitrogens is 1. The molecule has 2 heterocycles. The van der Waals surface area contributed by atoms with Crippen molar-refractivity contribution >= 4 is 11.8 Å². The average molecular weight is 151 g/mol. The molecule has 0 amide bonds. The molecule has 52 valence electrons. The van der Waals surface area contributed by atoms with Crippen LogP contribution in [-0.4, -0.2) is 4.98 Å². The maximum atomic E-state index is 3.22. The highest BCUT2D eigenvalue weighted by atomic mass is 32.2. The molecule has 1 N–H and O–H groups in total. The highest BCUT2D eigenvalue weighted by Crippen LogP contribution is 2.37. The van der Waals surface area contributed by atoms with E-state index in [4.69, 9.17) is 0 Å². The summed E-state index contributed by atoms with van der Waals surface area (Å²) in [5, 5.41) is 2.82. The Morgan fingerprint density at radius 3 is 3.20 bits per heavy atom. The van der Waals surface area contributed by atoms with Crippen molar-refractivity contribution in [2.45, 2.75) is 11.7 Å². The third-order valence-electron chi connectivity index (χ3n) is 1.66. The molecule has 2 rings (SSSR count). The number of thioether (sulfide) groups is 1. The molecule has 0 aliphatic carbocycles. The van der Waals surface area contributed by atoms with Gasteiger partial charge in [-0.25, -0.2) is 0 Å². The van der Waals surface area contributed by atoms with E-state index in [2.05, 4.69) is 22.5 Å². The van der Waals surface area contributed by atoms with Gasteiger partial charge in [0.1, 0.15) is 0 Å². The minimum absolute atomic E-state index is 0.648. The molecule has 2 heteroatoms. The first kappa shape index (κ1) is 6.10. The van der Waals surface area contributed by atoms with E-state index in [9.17, 15) is 0 Å². The third kappa shape index (κ3) is 0.991. The van der Waals surface area contributed by atoms with Crippen molar-refractivity contribution < 1.29 is 0 Å². The summed E-state index contributed by atoms with van der Waals surface area (Å²) in [5.41, 5.74) is 1.34. The Morgan fingerprint density at radius 2 is 2.60 bits per heavy atom. The van der Waals surface area contributed by atoms with Gasteiger partial charge in [0, 0.05) is 11.9 Å². The summed E-state index contributed by atoms with van der Waals surface area (Å²) in [5.74, 6) is 0. The van der Waals surface area contributed by atoms with E-state index in [0.717, 1.165) is 0 Å². The standard InChI is InChI=1S/C8H9NS/c1-3-7(9-5-1)8-4-2-6-10-8/h1-3,5-6,8-9H,4H2. The van der Waals surface area contributed by atoms with Crippen LogP contribution >= 0.6 is 11.8 Å².